The third-order valence-corrected chi connectivity index (χ3v) is 5.72. The van der Waals surface area contributed by atoms with Crippen molar-refractivity contribution in [3.8, 4) is 0 Å². The Morgan fingerprint density at radius 1 is 1.52 bits per heavy atom. The number of hydrogen-bond acceptors (Lipinski definition) is 5. The quantitative estimate of drug-likeness (QED) is 0.839. The second-order valence-electron chi connectivity index (χ2n) is 6.42. The van der Waals surface area contributed by atoms with Crippen LogP contribution in [0.1, 0.15) is 43.3 Å². The normalized spacial score (nSPS) is 20.9. The highest BCUT2D eigenvalue weighted by Gasteiger charge is 2.23. The van der Waals surface area contributed by atoms with E-state index in [1.807, 2.05) is 11.3 Å². The maximum Gasteiger partial charge on any atom is 0.185 e. The third-order valence-electron chi connectivity index (χ3n) is 4.26. The maximum absolute atomic E-state index is 4.79. The monoisotopic (exact) mass is 310 g/mol. The molecule has 0 spiro atoms. The molecule has 0 bridgehead atoms. The second kappa shape index (κ2) is 7.56. The van der Waals surface area contributed by atoms with Gasteiger partial charge in [-0.15, -0.1) is 11.3 Å². The van der Waals surface area contributed by atoms with Crippen LogP contribution in [0.25, 0.3) is 0 Å². The summed E-state index contributed by atoms with van der Waals surface area (Å²) in [6, 6.07) is 0.405. The predicted molar refractivity (Wildman–Crippen MR) is 92.4 cm³/mol. The summed E-state index contributed by atoms with van der Waals surface area (Å²) in [5, 5.41) is 4.73. The largest absolute Gasteiger partial charge is 0.351 e. The number of aryl methyl sites for hydroxylation is 1. The highest BCUT2D eigenvalue weighted by molar-refractivity contribution is 7.15. The van der Waals surface area contributed by atoms with Crippen molar-refractivity contribution in [3.05, 3.63) is 10.6 Å². The second-order valence-corrected chi connectivity index (χ2v) is 7.43. The SMILES string of the molecule is CCCNC(C)c1sc(N(C)CC2CCN(C)C2)nc1C. The fraction of sp³-hybridized carbons (Fsp3) is 0.812. The molecule has 120 valence electrons. The lowest BCUT2D eigenvalue weighted by Crippen LogP contribution is -2.27. The van der Waals surface area contributed by atoms with E-state index in [4.69, 9.17) is 4.98 Å². The molecule has 1 aromatic heterocycles. The molecule has 4 nitrogen and oxygen atoms in total. The third kappa shape index (κ3) is 4.41. The van der Waals surface area contributed by atoms with Gasteiger partial charge in [0.1, 0.15) is 0 Å². The maximum atomic E-state index is 4.79. The standard InChI is InChI=1S/C16H30N4S/c1-6-8-17-12(2)15-13(3)18-16(21-15)20(5)11-14-7-9-19(4)10-14/h12,14,17H,6-11H2,1-5H3. The topological polar surface area (TPSA) is 31.4 Å². The summed E-state index contributed by atoms with van der Waals surface area (Å²) < 4.78 is 0. The van der Waals surface area contributed by atoms with Gasteiger partial charge in [0.15, 0.2) is 5.13 Å². The van der Waals surface area contributed by atoms with Gasteiger partial charge in [0.05, 0.1) is 5.69 Å². The van der Waals surface area contributed by atoms with Gasteiger partial charge in [0, 0.05) is 31.1 Å². The van der Waals surface area contributed by atoms with E-state index in [2.05, 4.69) is 50.0 Å². The minimum Gasteiger partial charge on any atom is -0.351 e. The molecule has 1 saturated heterocycles. The molecule has 0 saturated carbocycles. The molecular weight excluding hydrogens is 280 g/mol. The molecule has 0 aliphatic carbocycles. The van der Waals surface area contributed by atoms with Crippen molar-refractivity contribution in [3.63, 3.8) is 0 Å². The molecular formula is C16H30N4S. The Balaban J connectivity index is 1.96. The number of rotatable bonds is 7. The number of aromatic nitrogens is 1. The lowest BCUT2D eigenvalue weighted by atomic mass is 10.1. The molecule has 0 aromatic carbocycles. The van der Waals surface area contributed by atoms with Gasteiger partial charge < -0.3 is 15.1 Å². The van der Waals surface area contributed by atoms with E-state index in [-0.39, 0.29) is 0 Å². The van der Waals surface area contributed by atoms with Crippen LogP contribution in [-0.2, 0) is 0 Å². The molecule has 21 heavy (non-hydrogen) atoms. The number of nitrogens with zero attached hydrogens (tertiary/aromatic N) is 3. The van der Waals surface area contributed by atoms with Crippen LogP contribution in [0, 0.1) is 12.8 Å². The first-order chi connectivity index (χ1) is 10.0. The van der Waals surface area contributed by atoms with Crippen molar-refractivity contribution in [1.82, 2.24) is 15.2 Å². The summed E-state index contributed by atoms with van der Waals surface area (Å²) in [4.78, 5) is 10.9. The van der Waals surface area contributed by atoms with Crippen molar-refractivity contribution in [2.45, 2.75) is 39.7 Å². The van der Waals surface area contributed by atoms with Crippen molar-refractivity contribution < 1.29 is 0 Å². The van der Waals surface area contributed by atoms with Crippen molar-refractivity contribution in [1.29, 1.82) is 0 Å². The van der Waals surface area contributed by atoms with E-state index < -0.39 is 0 Å². The molecule has 0 radical (unpaired) electrons. The first kappa shape index (κ1) is 16.7. The summed E-state index contributed by atoms with van der Waals surface area (Å²) in [5.74, 6) is 0.781. The van der Waals surface area contributed by atoms with E-state index in [1.165, 1.54) is 41.6 Å². The highest BCUT2D eigenvalue weighted by Crippen LogP contribution is 2.31. The van der Waals surface area contributed by atoms with Crippen molar-refractivity contribution in [2.75, 3.05) is 45.2 Å². The van der Waals surface area contributed by atoms with Crippen molar-refractivity contribution in [2.24, 2.45) is 5.92 Å². The molecule has 1 N–H and O–H groups in total. The molecule has 2 atom stereocenters. The van der Waals surface area contributed by atoms with Crippen LogP contribution < -0.4 is 10.2 Å². The Bertz CT molecular complexity index is 445. The van der Waals surface area contributed by atoms with Crippen LogP contribution in [0.15, 0.2) is 0 Å². The molecule has 1 aromatic rings. The lowest BCUT2D eigenvalue weighted by molar-refractivity contribution is 0.396. The average molecular weight is 311 g/mol. The Hall–Kier alpha value is -0.650. The smallest absolute Gasteiger partial charge is 0.185 e. The molecule has 2 unspecified atom stereocenters. The van der Waals surface area contributed by atoms with Crippen LogP contribution >= 0.6 is 11.3 Å². The summed E-state index contributed by atoms with van der Waals surface area (Å²) in [5.41, 5.74) is 1.18. The molecule has 0 amide bonds. The van der Waals surface area contributed by atoms with E-state index in [1.54, 1.807) is 0 Å². The summed E-state index contributed by atoms with van der Waals surface area (Å²) in [7, 11) is 4.40. The first-order valence-corrected chi connectivity index (χ1v) is 8.93. The van der Waals surface area contributed by atoms with Gasteiger partial charge in [-0.3, -0.25) is 0 Å². The van der Waals surface area contributed by atoms with Gasteiger partial charge in [0.2, 0.25) is 0 Å². The van der Waals surface area contributed by atoms with Crippen LogP contribution in [0.3, 0.4) is 0 Å². The van der Waals surface area contributed by atoms with Gasteiger partial charge >= 0.3 is 0 Å². The van der Waals surface area contributed by atoms with Crippen molar-refractivity contribution >= 4 is 16.5 Å². The highest BCUT2D eigenvalue weighted by atomic mass is 32.1. The molecule has 2 heterocycles. The number of likely N-dealkylation sites (tertiary alicyclic amines) is 1. The van der Waals surface area contributed by atoms with Gasteiger partial charge in [-0.25, -0.2) is 4.98 Å². The van der Waals surface area contributed by atoms with E-state index >= 15 is 0 Å². The number of thiazole rings is 1. The molecule has 1 fully saturated rings. The zero-order chi connectivity index (χ0) is 15.4. The number of nitrogens with one attached hydrogen (secondary N) is 1. The summed E-state index contributed by atoms with van der Waals surface area (Å²) in [6.07, 6.45) is 2.48. The average Bonchev–Trinajstić information content (AvgIpc) is 3.02. The molecule has 5 heteroatoms. The van der Waals surface area contributed by atoms with Gasteiger partial charge in [-0.05, 0) is 52.7 Å². The zero-order valence-corrected chi connectivity index (χ0v) is 15.0. The Morgan fingerprint density at radius 2 is 2.29 bits per heavy atom. The number of anilines is 1. The van der Waals surface area contributed by atoms with E-state index in [0.717, 1.165) is 19.0 Å². The summed E-state index contributed by atoms with van der Waals surface area (Å²) in [6.45, 7) is 11.2. The minimum absolute atomic E-state index is 0.405. The van der Waals surface area contributed by atoms with Gasteiger partial charge in [-0.2, -0.15) is 0 Å². The van der Waals surface area contributed by atoms with Crippen LogP contribution in [0.2, 0.25) is 0 Å². The van der Waals surface area contributed by atoms with Crippen LogP contribution in [-0.4, -0.2) is 50.2 Å². The fourth-order valence-electron chi connectivity index (χ4n) is 3.05. The Morgan fingerprint density at radius 3 is 2.90 bits per heavy atom. The molecule has 1 aliphatic heterocycles. The van der Waals surface area contributed by atoms with Gasteiger partial charge in [0.25, 0.3) is 0 Å². The minimum atomic E-state index is 0.405. The summed E-state index contributed by atoms with van der Waals surface area (Å²) >= 11 is 1.85. The predicted octanol–water partition coefficient (Wildman–Crippen LogP) is 2.90. The van der Waals surface area contributed by atoms with E-state index in [9.17, 15) is 0 Å². The van der Waals surface area contributed by atoms with Gasteiger partial charge in [-0.1, -0.05) is 6.92 Å². The lowest BCUT2D eigenvalue weighted by Gasteiger charge is -2.20. The van der Waals surface area contributed by atoms with Crippen LogP contribution in [0.5, 0.6) is 0 Å². The molecule has 2 rings (SSSR count). The molecule has 1 aliphatic rings. The van der Waals surface area contributed by atoms with E-state index in [0.29, 0.717) is 6.04 Å². The fourth-order valence-corrected chi connectivity index (χ4v) is 4.12. The Kier molecular flexibility index (Phi) is 6.02. The first-order valence-electron chi connectivity index (χ1n) is 8.11. The Labute approximate surface area is 133 Å². The zero-order valence-electron chi connectivity index (χ0n) is 14.1. The number of hydrogen-bond donors (Lipinski definition) is 1. The van der Waals surface area contributed by atoms with Crippen LogP contribution in [0.4, 0.5) is 5.13 Å².